The summed E-state index contributed by atoms with van der Waals surface area (Å²) in [4.78, 5) is 6.89. The number of hydrogen-bond acceptors (Lipinski definition) is 13. The molecule has 3 saturated heterocycles. The van der Waals surface area contributed by atoms with Gasteiger partial charge in [0.05, 0.1) is 28.5 Å². The number of hydrogen-bond donors (Lipinski definition) is 4. The summed E-state index contributed by atoms with van der Waals surface area (Å²) in [6.45, 7) is 3.32. The summed E-state index contributed by atoms with van der Waals surface area (Å²) in [5, 5.41) is 39.4. The van der Waals surface area contributed by atoms with Crippen LogP contribution in [0.2, 0.25) is 0 Å². The molecular weight excluding hydrogens is 777 g/mol. The number of nitrogens with two attached hydrogens (primary N) is 2. The molecule has 6 N–H and O–H groups in total. The van der Waals surface area contributed by atoms with Crippen LogP contribution in [0, 0.1) is 0 Å². The van der Waals surface area contributed by atoms with E-state index in [-0.39, 0.29) is 29.4 Å². The minimum absolute atomic E-state index is 0.0662. The van der Waals surface area contributed by atoms with Crippen LogP contribution in [0.3, 0.4) is 0 Å². The Hall–Kier alpha value is -6.29. The molecule has 308 valence electrons. The van der Waals surface area contributed by atoms with Gasteiger partial charge >= 0.3 is 0 Å². The molecular formula is C45H48N10O4S. The van der Waals surface area contributed by atoms with Gasteiger partial charge in [-0.2, -0.15) is 4.31 Å². The summed E-state index contributed by atoms with van der Waals surface area (Å²) in [6, 6.07) is 36.2. The van der Waals surface area contributed by atoms with E-state index in [1.807, 2.05) is 47.4 Å². The van der Waals surface area contributed by atoms with Gasteiger partial charge in [-0.05, 0) is 60.7 Å². The summed E-state index contributed by atoms with van der Waals surface area (Å²) < 4.78 is 30.6. The van der Waals surface area contributed by atoms with Crippen molar-refractivity contribution in [2.45, 2.75) is 49.7 Å². The van der Waals surface area contributed by atoms with Gasteiger partial charge in [-0.25, -0.2) is 8.42 Å². The number of aromatic nitrogens is 4. The van der Waals surface area contributed by atoms with Crippen molar-refractivity contribution < 1.29 is 18.6 Å². The zero-order valence-electron chi connectivity index (χ0n) is 33.1. The predicted octanol–water partition coefficient (Wildman–Crippen LogP) is 5.29. The number of phenols is 2. The fourth-order valence-electron chi connectivity index (χ4n) is 9.15. The highest BCUT2D eigenvalue weighted by Crippen LogP contribution is 2.39. The van der Waals surface area contributed by atoms with Crippen LogP contribution in [0.15, 0.2) is 115 Å². The van der Waals surface area contributed by atoms with E-state index in [0.717, 1.165) is 43.7 Å². The smallest absolute Gasteiger partial charge is 0.218 e. The van der Waals surface area contributed by atoms with Crippen LogP contribution in [0.1, 0.15) is 29.5 Å². The highest BCUT2D eigenvalue weighted by molar-refractivity contribution is 7.88. The minimum Gasteiger partial charge on any atom is -0.507 e. The number of sulfonamides is 1. The van der Waals surface area contributed by atoms with E-state index >= 15 is 0 Å². The summed E-state index contributed by atoms with van der Waals surface area (Å²) in [7, 11) is -3.98. The number of nitrogen functional groups attached to an aromatic ring is 2. The van der Waals surface area contributed by atoms with Gasteiger partial charge in [-0.1, -0.05) is 84.9 Å². The molecule has 0 radical (unpaired) electrons. The molecule has 15 heteroatoms. The predicted molar refractivity (Wildman–Crippen MR) is 234 cm³/mol. The van der Waals surface area contributed by atoms with E-state index in [1.165, 1.54) is 5.56 Å². The molecule has 9 rings (SSSR count). The average Bonchev–Trinajstić information content (AvgIpc) is 3.47. The van der Waals surface area contributed by atoms with E-state index in [4.69, 9.17) is 11.5 Å². The number of para-hydroxylation sites is 2. The molecule has 0 spiro atoms. The lowest BCUT2D eigenvalue weighted by Gasteiger charge is -2.42. The number of benzene rings is 4. The second kappa shape index (κ2) is 16.4. The Labute approximate surface area is 349 Å². The fraction of sp³-hybridized carbons (Fsp3) is 0.289. The molecule has 3 atom stereocenters. The second-order valence-corrected chi connectivity index (χ2v) is 17.9. The second-order valence-electron chi connectivity index (χ2n) is 15.9. The molecule has 3 unspecified atom stereocenters. The van der Waals surface area contributed by atoms with Gasteiger partial charge in [-0.15, -0.1) is 20.4 Å². The monoisotopic (exact) mass is 824 g/mol. The molecule has 3 fully saturated rings. The van der Waals surface area contributed by atoms with Crippen molar-refractivity contribution in [3.63, 3.8) is 0 Å². The number of fused-ring (bicyclic) bond motifs is 2. The lowest BCUT2D eigenvalue weighted by Crippen LogP contribution is -2.56. The zero-order valence-corrected chi connectivity index (χ0v) is 33.9. The topological polar surface area (TPSA) is 191 Å². The number of rotatable bonds is 11. The van der Waals surface area contributed by atoms with Crippen molar-refractivity contribution in [1.82, 2.24) is 29.6 Å². The Kier molecular flexibility index (Phi) is 10.7. The largest absolute Gasteiger partial charge is 0.507 e. The number of phenolic OH excluding ortho intramolecular Hbond substituents is 2. The van der Waals surface area contributed by atoms with Crippen LogP contribution in [-0.2, 0) is 28.7 Å². The van der Waals surface area contributed by atoms with Crippen molar-refractivity contribution in [2.24, 2.45) is 0 Å². The Bertz CT molecular complexity index is 2590. The van der Waals surface area contributed by atoms with Gasteiger partial charge in [0.2, 0.25) is 10.0 Å². The molecule has 5 heterocycles. The highest BCUT2D eigenvalue weighted by Gasteiger charge is 2.41. The Morgan fingerprint density at radius 1 is 0.633 bits per heavy atom. The molecule has 0 aliphatic carbocycles. The van der Waals surface area contributed by atoms with Crippen LogP contribution in [0.4, 0.5) is 23.0 Å². The fourth-order valence-corrected chi connectivity index (χ4v) is 10.9. The Morgan fingerprint density at radius 3 is 1.88 bits per heavy atom. The van der Waals surface area contributed by atoms with Gasteiger partial charge in [-0.3, -0.25) is 4.90 Å². The van der Waals surface area contributed by atoms with Crippen LogP contribution >= 0.6 is 0 Å². The standard InChI is InChI=1S/C45H48N10O4S/c46-44-40(23-38(48-50-44)36-15-7-8-17-42(36)56)52-20-21-55(35(28-52)22-30-10-3-1-4-11-30)60(58,59)29-32-14-9-16-37(43(32)57)39-24-41(45(47)51-49-39)53-26-33-18-19-34(27-53)54(33)25-31-12-5-2-6-13-31/h1-17,23-24,33-35,56-57H,18-22,25-29H2,(H2,46,50)(H2,47,51). The first kappa shape index (κ1) is 39.2. The van der Waals surface area contributed by atoms with Crippen molar-refractivity contribution >= 4 is 33.0 Å². The first-order valence-electron chi connectivity index (χ1n) is 20.3. The SMILES string of the molecule is Nc1nnc(-c2ccccc2O)cc1N1CCN(S(=O)(=O)Cc2cccc(-c3cc(N4CC5CCC(C4)N5Cc4ccccc4)c(N)nn3)c2O)C(Cc2ccccc2)C1. The molecule has 0 saturated carbocycles. The molecule has 4 aromatic carbocycles. The van der Waals surface area contributed by atoms with Crippen LogP contribution in [-0.4, -0.2) is 99.1 Å². The quantitative estimate of drug-likeness (QED) is 0.132. The van der Waals surface area contributed by atoms with Crippen LogP contribution in [0.5, 0.6) is 11.5 Å². The summed E-state index contributed by atoms with van der Waals surface area (Å²) in [6.07, 6.45) is 2.65. The van der Waals surface area contributed by atoms with E-state index in [1.54, 1.807) is 52.8 Å². The van der Waals surface area contributed by atoms with Crippen molar-refractivity contribution in [3.8, 4) is 34.0 Å². The van der Waals surface area contributed by atoms with Crippen LogP contribution in [0.25, 0.3) is 22.5 Å². The Morgan fingerprint density at radius 2 is 1.22 bits per heavy atom. The molecule has 2 aromatic heterocycles. The maximum atomic E-state index is 14.5. The maximum absolute atomic E-state index is 14.5. The third kappa shape index (κ3) is 7.90. The van der Waals surface area contributed by atoms with E-state index < -0.39 is 21.8 Å². The normalized spacial score (nSPS) is 19.8. The van der Waals surface area contributed by atoms with E-state index in [0.29, 0.717) is 65.6 Å². The van der Waals surface area contributed by atoms with Gasteiger partial charge in [0.1, 0.15) is 11.5 Å². The number of aromatic hydroxyl groups is 2. The van der Waals surface area contributed by atoms with Gasteiger partial charge in [0.15, 0.2) is 11.6 Å². The molecule has 14 nitrogen and oxygen atoms in total. The van der Waals surface area contributed by atoms with E-state index in [2.05, 4.69) is 54.5 Å². The highest BCUT2D eigenvalue weighted by atomic mass is 32.2. The summed E-state index contributed by atoms with van der Waals surface area (Å²) in [5.41, 5.74) is 18.5. The number of piperazine rings is 2. The third-order valence-corrected chi connectivity index (χ3v) is 14.0. The lowest BCUT2D eigenvalue weighted by molar-refractivity contribution is 0.160. The van der Waals surface area contributed by atoms with E-state index in [9.17, 15) is 18.6 Å². The average molecular weight is 825 g/mol. The van der Waals surface area contributed by atoms with Crippen molar-refractivity contribution in [3.05, 3.63) is 132 Å². The molecule has 6 aromatic rings. The van der Waals surface area contributed by atoms with Gasteiger partial charge in [0.25, 0.3) is 0 Å². The zero-order chi connectivity index (χ0) is 41.4. The molecule has 60 heavy (non-hydrogen) atoms. The molecule has 3 aliphatic heterocycles. The minimum atomic E-state index is -3.98. The van der Waals surface area contributed by atoms with Gasteiger partial charge in [0, 0.05) is 74.1 Å². The Balaban J connectivity index is 0.954. The van der Waals surface area contributed by atoms with Gasteiger partial charge < -0.3 is 31.5 Å². The maximum Gasteiger partial charge on any atom is 0.218 e. The third-order valence-electron chi connectivity index (χ3n) is 12.1. The van der Waals surface area contributed by atoms with Crippen molar-refractivity contribution in [1.29, 1.82) is 0 Å². The molecule has 2 bridgehead atoms. The van der Waals surface area contributed by atoms with Crippen LogP contribution < -0.4 is 21.3 Å². The lowest BCUT2D eigenvalue weighted by atomic mass is 10.0. The molecule has 0 amide bonds. The summed E-state index contributed by atoms with van der Waals surface area (Å²) >= 11 is 0. The molecule has 3 aliphatic rings. The first-order valence-corrected chi connectivity index (χ1v) is 21.9. The summed E-state index contributed by atoms with van der Waals surface area (Å²) in [5.74, 6) is 0.00418. The first-order chi connectivity index (χ1) is 29.1. The number of anilines is 4. The van der Waals surface area contributed by atoms with Crippen molar-refractivity contribution in [2.75, 3.05) is 54.0 Å². The number of nitrogens with zero attached hydrogens (tertiary/aromatic N) is 8.